The van der Waals surface area contributed by atoms with Gasteiger partial charge < -0.3 is 11.1 Å². The van der Waals surface area contributed by atoms with E-state index in [4.69, 9.17) is 5.73 Å². The van der Waals surface area contributed by atoms with Gasteiger partial charge in [-0.05, 0) is 36.8 Å². The number of rotatable bonds is 4. The number of hydrogen-bond acceptors (Lipinski definition) is 2. The second-order valence-corrected chi connectivity index (χ2v) is 5.42. The van der Waals surface area contributed by atoms with Gasteiger partial charge in [-0.25, -0.2) is 0 Å². The van der Waals surface area contributed by atoms with E-state index < -0.39 is 0 Å². The van der Waals surface area contributed by atoms with Crippen molar-refractivity contribution in [1.82, 2.24) is 5.32 Å². The van der Waals surface area contributed by atoms with Crippen LogP contribution in [-0.2, 0) is 5.54 Å². The van der Waals surface area contributed by atoms with Gasteiger partial charge in [0.25, 0.3) is 0 Å². The Labute approximate surface area is 116 Å². The quantitative estimate of drug-likeness (QED) is 0.642. The van der Waals surface area contributed by atoms with Crippen LogP contribution >= 0.6 is 0 Å². The van der Waals surface area contributed by atoms with Crippen LogP contribution in [0.15, 0.2) is 24.3 Å². The summed E-state index contributed by atoms with van der Waals surface area (Å²) >= 11 is 0. The zero-order chi connectivity index (χ0) is 13.7. The average molecular weight is 256 g/mol. The molecular formula is C17H24N2. The van der Waals surface area contributed by atoms with E-state index in [0.717, 1.165) is 19.4 Å². The molecule has 0 saturated heterocycles. The van der Waals surface area contributed by atoms with E-state index in [9.17, 15) is 0 Å². The van der Waals surface area contributed by atoms with Gasteiger partial charge in [0, 0.05) is 19.5 Å². The first-order chi connectivity index (χ1) is 9.23. The van der Waals surface area contributed by atoms with E-state index in [0.29, 0.717) is 12.5 Å². The van der Waals surface area contributed by atoms with Crippen molar-refractivity contribution in [2.75, 3.05) is 13.1 Å². The molecule has 2 unspecified atom stereocenters. The first kappa shape index (κ1) is 14.1. The lowest BCUT2D eigenvalue weighted by Crippen LogP contribution is -2.51. The number of benzene rings is 1. The molecule has 0 aliphatic heterocycles. The third-order valence-corrected chi connectivity index (χ3v) is 4.25. The number of nitrogens with two attached hydrogens (primary N) is 1. The van der Waals surface area contributed by atoms with Crippen molar-refractivity contribution in [2.24, 2.45) is 5.73 Å². The van der Waals surface area contributed by atoms with Crippen LogP contribution in [0.1, 0.15) is 50.2 Å². The van der Waals surface area contributed by atoms with E-state index in [2.05, 4.69) is 48.3 Å². The van der Waals surface area contributed by atoms with Crippen LogP contribution < -0.4 is 11.1 Å². The lowest BCUT2D eigenvalue weighted by Gasteiger charge is -2.41. The Kier molecular flexibility index (Phi) is 4.63. The monoisotopic (exact) mass is 256 g/mol. The standard InChI is InChI=1S/C17H24N2/c1-3-4-7-12-19-17(13-18)11-10-14(2)15-8-5-6-9-16(15)17/h5-6,8-9,14,19H,7,10-13,18H2,1-2H3. The summed E-state index contributed by atoms with van der Waals surface area (Å²) in [5.41, 5.74) is 8.90. The molecule has 1 aromatic carbocycles. The zero-order valence-corrected chi connectivity index (χ0v) is 12.0. The maximum Gasteiger partial charge on any atom is 0.0562 e. The average Bonchev–Trinajstić information content (AvgIpc) is 2.46. The van der Waals surface area contributed by atoms with Crippen molar-refractivity contribution in [1.29, 1.82) is 0 Å². The molecule has 19 heavy (non-hydrogen) atoms. The van der Waals surface area contributed by atoms with Crippen molar-refractivity contribution in [3.8, 4) is 11.8 Å². The minimum Gasteiger partial charge on any atom is -0.328 e. The number of hydrogen-bond donors (Lipinski definition) is 2. The van der Waals surface area contributed by atoms with Crippen molar-refractivity contribution in [3.63, 3.8) is 0 Å². The molecule has 0 heterocycles. The van der Waals surface area contributed by atoms with Gasteiger partial charge in [0.15, 0.2) is 0 Å². The van der Waals surface area contributed by atoms with E-state index in [1.807, 2.05) is 6.92 Å². The summed E-state index contributed by atoms with van der Waals surface area (Å²) < 4.78 is 0. The summed E-state index contributed by atoms with van der Waals surface area (Å²) in [7, 11) is 0. The smallest absolute Gasteiger partial charge is 0.0562 e. The van der Waals surface area contributed by atoms with Crippen LogP contribution in [0, 0.1) is 11.8 Å². The number of nitrogens with one attached hydrogen (secondary N) is 1. The normalized spacial score (nSPS) is 25.3. The molecule has 0 spiro atoms. The summed E-state index contributed by atoms with van der Waals surface area (Å²) in [6, 6.07) is 8.73. The second-order valence-electron chi connectivity index (χ2n) is 5.42. The fraction of sp³-hybridized carbons (Fsp3) is 0.529. The molecule has 1 aromatic rings. The van der Waals surface area contributed by atoms with Gasteiger partial charge in [-0.3, -0.25) is 0 Å². The Bertz CT molecular complexity index is 484. The van der Waals surface area contributed by atoms with Gasteiger partial charge in [-0.1, -0.05) is 31.2 Å². The molecule has 1 aliphatic carbocycles. The third-order valence-electron chi connectivity index (χ3n) is 4.25. The first-order valence-corrected chi connectivity index (χ1v) is 7.17. The predicted octanol–water partition coefficient (Wildman–Crippen LogP) is 2.74. The van der Waals surface area contributed by atoms with Gasteiger partial charge in [0.2, 0.25) is 0 Å². The van der Waals surface area contributed by atoms with E-state index in [1.165, 1.54) is 17.5 Å². The molecule has 102 valence electrons. The molecule has 2 atom stereocenters. The highest BCUT2D eigenvalue weighted by molar-refractivity contribution is 5.39. The number of fused-ring (bicyclic) bond motifs is 1. The fourth-order valence-corrected chi connectivity index (χ4v) is 3.07. The molecule has 0 fully saturated rings. The molecule has 1 aliphatic rings. The lowest BCUT2D eigenvalue weighted by atomic mass is 9.72. The summed E-state index contributed by atoms with van der Waals surface area (Å²) in [5.74, 6) is 6.68. The Balaban J connectivity index is 2.24. The van der Waals surface area contributed by atoms with Gasteiger partial charge in [0.05, 0.1) is 5.54 Å². The Morgan fingerprint density at radius 1 is 1.42 bits per heavy atom. The second kappa shape index (κ2) is 6.23. The van der Waals surface area contributed by atoms with Gasteiger partial charge in [-0.2, -0.15) is 0 Å². The topological polar surface area (TPSA) is 38.0 Å². The van der Waals surface area contributed by atoms with Crippen molar-refractivity contribution < 1.29 is 0 Å². The van der Waals surface area contributed by atoms with E-state index in [1.54, 1.807) is 0 Å². The van der Waals surface area contributed by atoms with Gasteiger partial charge >= 0.3 is 0 Å². The van der Waals surface area contributed by atoms with Crippen LogP contribution in [-0.4, -0.2) is 13.1 Å². The van der Waals surface area contributed by atoms with E-state index >= 15 is 0 Å². The fourth-order valence-electron chi connectivity index (χ4n) is 3.07. The summed E-state index contributed by atoms with van der Waals surface area (Å²) in [4.78, 5) is 0. The van der Waals surface area contributed by atoms with Crippen LogP contribution in [0.25, 0.3) is 0 Å². The molecule has 0 bridgehead atoms. The molecule has 0 saturated carbocycles. The predicted molar refractivity (Wildman–Crippen MR) is 80.9 cm³/mol. The van der Waals surface area contributed by atoms with Crippen LogP contribution in [0.2, 0.25) is 0 Å². The van der Waals surface area contributed by atoms with Crippen molar-refractivity contribution in [2.45, 2.75) is 44.6 Å². The molecule has 0 aromatic heterocycles. The Morgan fingerprint density at radius 3 is 2.95 bits per heavy atom. The maximum absolute atomic E-state index is 6.11. The summed E-state index contributed by atoms with van der Waals surface area (Å²) in [5, 5.41) is 3.67. The van der Waals surface area contributed by atoms with Crippen LogP contribution in [0.4, 0.5) is 0 Å². The van der Waals surface area contributed by atoms with Crippen LogP contribution in [0.3, 0.4) is 0 Å². The van der Waals surface area contributed by atoms with E-state index in [-0.39, 0.29) is 5.54 Å². The highest BCUT2D eigenvalue weighted by atomic mass is 15.0. The minimum absolute atomic E-state index is 0.0570. The van der Waals surface area contributed by atoms with Gasteiger partial charge in [-0.15, -0.1) is 11.8 Å². The third kappa shape index (κ3) is 2.83. The highest BCUT2D eigenvalue weighted by Gasteiger charge is 2.36. The summed E-state index contributed by atoms with van der Waals surface area (Å²) in [6.45, 7) is 5.75. The summed E-state index contributed by atoms with van der Waals surface area (Å²) in [6.07, 6.45) is 3.19. The molecule has 3 N–H and O–H groups in total. The Hall–Kier alpha value is -1.30. The van der Waals surface area contributed by atoms with Crippen molar-refractivity contribution in [3.05, 3.63) is 35.4 Å². The largest absolute Gasteiger partial charge is 0.328 e. The molecule has 0 radical (unpaired) electrons. The maximum atomic E-state index is 6.11. The molecule has 2 rings (SSSR count). The molecule has 0 amide bonds. The first-order valence-electron chi connectivity index (χ1n) is 7.17. The molecular weight excluding hydrogens is 232 g/mol. The highest BCUT2D eigenvalue weighted by Crippen LogP contribution is 2.40. The minimum atomic E-state index is -0.0570. The SMILES string of the molecule is CC#CCCNC1(CN)CCC(C)c2ccccc21. The molecule has 2 nitrogen and oxygen atoms in total. The van der Waals surface area contributed by atoms with Crippen LogP contribution in [0.5, 0.6) is 0 Å². The zero-order valence-electron chi connectivity index (χ0n) is 12.0. The lowest BCUT2D eigenvalue weighted by molar-refractivity contribution is 0.283. The molecule has 2 heteroatoms. The Morgan fingerprint density at radius 2 is 2.21 bits per heavy atom. The van der Waals surface area contributed by atoms with Crippen molar-refractivity contribution >= 4 is 0 Å². The van der Waals surface area contributed by atoms with Gasteiger partial charge in [0.1, 0.15) is 0 Å².